The summed E-state index contributed by atoms with van der Waals surface area (Å²) in [7, 11) is 0. The number of hydrogen-bond acceptors (Lipinski definition) is 1. The van der Waals surface area contributed by atoms with Gasteiger partial charge in [-0.25, -0.2) is 0 Å². The highest BCUT2D eigenvalue weighted by molar-refractivity contribution is 4.94. The Labute approximate surface area is 109 Å². The summed E-state index contributed by atoms with van der Waals surface area (Å²) in [6.45, 7) is 13.9. The van der Waals surface area contributed by atoms with Crippen molar-refractivity contribution in [2.24, 2.45) is 5.92 Å². The Kier molecular flexibility index (Phi) is 9.53. The fourth-order valence-electron chi connectivity index (χ4n) is 2.50. The van der Waals surface area contributed by atoms with Crippen LogP contribution in [-0.2, 0) is 4.74 Å². The van der Waals surface area contributed by atoms with Gasteiger partial charge in [0.2, 0.25) is 0 Å². The van der Waals surface area contributed by atoms with Gasteiger partial charge in [0.15, 0.2) is 0 Å². The van der Waals surface area contributed by atoms with Crippen molar-refractivity contribution in [3.05, 3.63) is 12.7 Å². The normalized spacial score (nSPS) is 16.5. The molecule has 0 aliphatic rings. The minimum absolute atomic E-state index is 0.000249. The summed E-state index contributed by atoms with van der Waals surface area (Å²) in [6, 6.07) is 0. The monoisotopic (exact) mass is 240 g/mol. The summed E-state index contributed by atoms with van der Waals surface area (Å²) in [5, 5.41) is 0. The quantitative estimate of drug-likeness (QED) is 0.349. The Morgan fingerprint density at radius 2 is 1.82 bits per heavy atom. The van der Waals surface area contributed by atoms with Crippen molar-refractivity contribution < 1.29 is 4.74 Å². The molecule has 2 atom stereocenters. The topological polar surface area (TPSA) is 9.23 Å². The number of rotatable bonds is 11. The molecule has 1 nitrogen and oxygen atoms in total. The lowest BCUT2D eigenvalue weighted by Gasteiger charge is -2.36. The fourth-order valence-corrected chi connectivity index (χ4v) is 2.50. The summed E-state index contributed by atoms with van der Waals surface area (Å²) in [6.07, 6.45) is 10.5. The maximum Gasteiger partial charge on any atom is 0.0716 e. The molecule has 0 saturated carbocycles. The molecule has 102 valence electrons. The lowest BCUT2D eigenvalue weighted by atomic mass is 9.82. The minimum atomic E-state index is 0.000249. The smallest absolute Gasteiger partial charge is 0.0716 e. The van der Waals surface area contributed by atoms with Gasteiger partial charge in [-0.15, -0.1) is 6.58 Å². The van der Waals surface area contributed by atoms with Crippen LogP contribution in [-0.4, -0.2) is 12.2 Å². The maximum absolute atomic E-state index is 6.21. The number of unbranched alkanes of at least 4 members (excludes halogenated alkanes) is 2. The van der Waals surface area contributed by atoms with Crippen LogP contribution in [0.1, 0.15) is 72.6 Å². The Balaban J connectivity index is 4.35. The molecular formula is C16H32O. The van der Waals surface area contributed by atoms with Gasteiger partial charge in [0.05, 0.1) is 5.60 Å². The Hall–Kier alpha value is -0.300. The van der Waals surface area contributed by atoms with Gasteiger partial charge < -0.3 is 4.74 Å². The lowest BCUT2D eigenvalue weighted by Crippen LogP contribution is -2.37. The first-order valence-electron chi connectivity index (χ1n) is 7.41. The highest BCUT2D eigenvalue weighted by Gasteiger charge is 2.31. The molecule has 0 heterocycles. The van der Waals surface area contributed by atoms with Crippen LogP contribution in [0.2, 0.25) is 0 Å². The maximum atomic E-state index is 6.21. The van der Waals surface area contributed by atoms with E-state index in [-0.39, 0.29) is 5.60 Å². The molecule has 0 saturated heterocycles. The third-order valence-electron chi connectivity index (χ3n) is 3.59. The van der Waals surface area contributed by atoms with E-state index in [0.29, 0.717) is 5.92 Å². The molecule has 0 aromatic rings. The van der Waals surface area contributed by atoms with Crippen molar-refractivity contribution in [2.75, 3.05) is 6.61 Å². The van der Waals surface area contributed by atoms with Crippen LogP contribution in [0.5, 0.6) is 0 Å². The predicted molar refractivity (Wildman–Crippen MR) is 77.4 cm³/mol. The van der Waals surface area contributed by atoms with Crippen LogP contribution in [0, 0.1) is 5.92 Å². The molecule has 17 heavy (non-hydrogen) atoms. The molecule has 0 aromatic carbocycles. The molecule has 1 heteroatoms. The highest BCUT2D eigenvalue weighted by atomic mass is 16.5. The summed E-state index contributed by atoms with van der Waals surface area (Å²) >= 11 is 0. The van der Waals surface area contributed by atoms with Crippen molar-refractivity contribution in [2.45, 2.75) is 78.2 Å². The van der Waals surface area contributed by atoms with E-state index in [1.165, 1.54) is 38.5 Å². The zero-order chi connectivity index (χ0) is 13.1. The van der Waals surface area contributed by atoms with Crippen LogP contribution >= 0.6 is 0 Å². The fraction of sp³-hybridized carbons (Fsp3) is 0.875. The molecule has 0 radical (unpaired) electrons. The number of ether oxygens (including phenoxy) is 1. The van der Waals surface area contributed by atoms with Crippen LogP contribution < -0.4 is 0 Å². The summed E-state index contributed by atoms with van der Waals surface area (Å²) in [5.74, 6) is 0.495. The molecule has 0 bridgehead atoms. The van der Waals surface area contributed by atoms with Gasteiger partial charge >= 0.3 is 0 Å². The molecule has 0 amide bonds. The Morgan fingerprint density at radius 1 is 1.12 bits per heavy atom. The first-order valence-corrected chi connectivity index (χ1v) is 7.41. The average Bonchev–Trinajstić information content (AvgIpc) is 2.32. The lowest BCUT2D eigenvalue weighted by molar-refractivity contribution is -0.0705. The molecule has 0 aromatic heterocycles. The second-order valence-corrected chi connectivity index (χ2v) is 5.25. The van der Waals surface area contributed by atoms with Gasteiger partial charge in [-0.05, 0) is 26.2 Å². The SMILES string of the molecule is C=CC(CCC)C(C)(CCC)OCCCCC. The Morgan fingerprint density at radius 3 is 2.29 bits per heavy atom. The third kappa shape index (κ3) is 6.26. The minimum Gasteiger partial charge on any atom is -0.375 e. The van der Waals surface area contributed by atoms with Gasteiger partial charge in [0.25, 0.3) is 0 Å². The Bertz CT molecular complexity index is 188. The molecular weight excluding hydrogens is 208 g/mol. The van der Waals surface area contributed by atoms with E-state index in [4.69, 9.17) is 4.74 Å². The number of hydrogen-bond donors (Lipinski definition) is 0. The summed E-state index contributed by atoms with van der Waals surface area (Å²) in [5.41, 5.74) is 0.000249. The first-order chi connectivity index (χ1) is 8.14. The molecule has 0 spiro atoms. The van der Waals surface area contributed by atoms with Crippen molar-refractivity contribution in [3.8, 4) is 0 Å². The standard InChI is InChI=1S/C16H32O/c1-6-10-11-14-17-16(5,13-8-3)15(9-4)12-7-2/h9,15H,4,6-8,10-14H2,1-3,5H3. The largest absolute Gasteiger partial charge is 0.375 e. The molecule has 0 fully saturated rings. The first kappa shape index (κ1) is 16.7. The van der Waals surface area contributed by atoms with Gasteiger partial charge in [-0.1, -0.05) is 52.5 Å². The van der Waals surface area contributed by atoms with Crippen molar-refractivity contribution in [3.63, 3.8) is 0 Å². The van der Waals surface area contributed by atoms with E-state index in [2.05, 4.69) is 40.3 Å². The van der Waals surface area contributed by atoms with Crippen molar-refractivity contribution >= 4 is 0 Å². The van der Waals surface area contributed by atoms with E-state index in [9.17, 15) is 0 Å². The summed E-state index contributed by atoms with van der Waals surface area (Å²) < 4.78 is 6.21. The van der Waals surface area contributed by atoms with E-state index in [1.54, 1.807) is 0 Å². The van der Waals surface area contributed by atoms with Crippen LogP contribution in [0.3, 0.4) is 0 Å². The second kappa shape index (κ2) is 9.70. The van der Waals surface area contributed by atoms with Crippen molar-refractivity contribution in [1.29, 1.82) is 0 Å². The molecule has 0 aliphatic carbocycles. The average molecular weight is 240 g/mol. The summed E-state index contributed by atoms with van der Waals surface area (Å²) in [4.78, 5) is 0. The van der Waals surface area contributed by atoms with Gasteiger partial charge in [0, 0.05) is 12.5 Å². The van der Waals surface area contributed by atoms with Crippen LogP contribution in [0.4, 0.5) is 0 Å². The van der Waals surface area contributed by atoms with E-state index < -0.39 is 0 Å². The molecule has 2 unspecified atom stereocenters. The zero-order valence-electron chi connectivity index (χ0n) is 12.4. The van der Waals surface area contributed by atoms with Gasteiger partial charge in [-0.3, -0.25) is 0 Å². The predicted octanol–water partition coefficient (Wildman–Crippen LogP) is 5.35. The van der Waals surface area contributed by atoms with Crippen molar-refractivity contribution in [1.82, 2.24) is 0 Å². The van der Waals surface area contributed by atoms with Gasteiger partial charge in [-0.2, -0.15) is 0 Å². The molecule has 0 rings (SSSR count). The van der Waals surface area contributed by atoms with E-state index >= 15 is 0 Å². The molecule has 0 aliphatic heterocycles. The molecule has 0 N–H and O–H groups in total. The zero-order valence-corrected chi connectivity index (χ0v) is 12.4. The van der Waals surface area contributed by atoms with E-state index in [0.717, 1.165) is 13.0 Å². The highest BCUT2D eigenvalue weighted by Crippen LogP contribution is 2.31. The van der Waals surface area contributed by atoms with Crippen LogP contribution in [0.15, 0.2) is 12.7 Å². The van der Waals surface area contributed by atoms with Crippen LogP contribution in [0.25, 0.3) is 0 Å². The van der Waals surface area contributed by atoms with Gasteiger partial charge in [0.1, 0.15) is 0 Å². The van der Waals surface area contributed by atoms with E-state index in [1.807, 2.05) is 0 Å². The third-order valence-corrected chi connectivity index (χ3v) is 3.59. The second-order valence-electron chi connectivity index (χ2n) is 5.25.